The number of nitrogens with one attached hydrogen (secondary N) is 1. The van der Waals surface area contributed by atoms with Crippen molar-refractivity contribution >= 4 is 0 Å². The number of benzene rings is 1. The van der Waals surface area contributed by atoms with E-state index >= 15 is 0 Å². The molecule has 1 aromatic carbocycles. The Balaban J connectivity index is 1.59. The molecule has 1 aromatic heterocycles. The minimum absolute atomic E-state index is 0.233. The van der Waals surface area contributed by atoms with Crippen LogP contribution in [0.25, 0.3) is 0 Å². The predicted octanol–water partition coefficient (Wildman–Crippen LogP) is 2.92. The van der Waals surface area contributed by atoms with E-state index < -0.39 is 0 Å². The first-order valence-electron chi connectivity index (χ1n) is 7.41. The van der Waals surface area contributed by atoms with Gasteiger partial charge in [0.1, 0.15) is 0 Å². The van der Waals surface area contributed by atoms with Gasteiger partial charge in [-0.3, -0.25) is 0 Å². The Hall–Kier alpha value is -1.68. The largest absolute Gasteiger partial charge is 0.338 e. The van der Waals surface area contributed by atoms with Gasteiger partial charge in [0.2, 0.25) is 5.89 Å². The number of nitrogens with zero attached hydrogens (tertiary/aromatic N) is 2. The van der Waals surface area contributed by atoms with Gasteiger partial charge in [-0.05, 0) is 37.3 Å². The molecule has 2 aromatic rings. The molecule has 4 heteroatoms. The SMILES string of the molecule is CC1CCNC(c2nc(CCc3ccccc3)no2)C1. The highest BCUT2D eigenvalue weighted by Crippen LogP contribution is 2.25. The smallest absolute Gasteiger partial charge is 0.243 e. The van der Waals surface area contributed by atoms with E-state index in [0.717, 1.165) is 43.4 Å². The van der Waals surface area contributed by atoms with Crippen molar-refractivity contribution in [2.45, 2.75) is 38.6 Å². The number of aryl methyl sites for hydroxylation is 2. The maximum absolute atomic E-state index is 5.42. The zero-order chi connectivity index (χ0) is 13.8. The van der Waals surface area contributed by atoms with Gasteiger partial charge in [0.15, 0.2) is 5.82 Å². The van der Waals surface area contributed by atoms with Crippen LogP contribution in [0.1, 0.15) is 43.1 Å². The second-order valence-electron chi connectivity index (χ2n) is 5.67. The van der Waals surface area contributed by atoms with Crippen LogP contribution in [0.15, 0.2) is 34.9 Å². The highest BCUT2D eigenvalue weighted by Gasteiger charge is 2.24. The van der Waals surface area contributed by atoms with Gasteiger partial charge in [0.05, 0.1) is 6.04 Å². The summed E-state index contributed by atoms with van der Waals surface area (Å²) in [6, 6.07) is 10.6. The van der Waals surface area contributed by atoms with Gasteiger partial charge >= 0.3 is 0 Å². The average Bonchev–Trinajstić information content (AvgIpc) is 2.95. The molecule has 4 nitrogen and oxygen atoms in total. The Morgan fingerprint density at radius 3 is 2.90 bits per heavy atom. The van der Waals surface area contributed by atoms with Gasteiger partial charge < -0.3 is 9.84 Å². The van der Waals surface area contributed by atoms with Crippen LogP contribution in [0.2, 0.25) is 0 Å². The standard InChI is InChI=1S/C16H21N3O/c1-12-9-10-17-14(11-12)16-18-15(19-20-16)8-7-13-5-3-2-4-6-13/h2-6,12,14,17H,7-11H2,1H3. The van der Waals surface area contributed by atoms with Crippen molar-refractivity contribution in [3.63, 3.8) is 0 Å². The number of hydrogen-bond donors (Lipinski definition) is 1. The van der Waals surface area contributed by atoms with Gasteiger partial charge in [-0.1, -0.05) is 42.4 Å². The van der Waals surface area contributed by atoms with Crippen molar-refractivity contribution in [1.82, 2.24) is 15.5 Å². The fraction of sp³-hybridized carbons (Fsp3) is 0.500. The van der Waals surface area contributed by atoms with E-state index in [-0.39, 0.29) is 6.04 Å². The van der Waals surface area contributed by atoms with Crippen LogP contribution >= 0.6 is 0 Å². The van der Waals surface area contributed by atoms with Crippen LogP contribution in [0.4, 0.5) is 0 Å². The van der Waals surface area contributed by atoms with Gasteiger partial charge in [-0.2, -0.15) is 4.98 Å². The van der Waals surface area contributed by atoms with Crippen LogP contribution < -0.4 is 5.32 Å². The van der Waals surface area contributed by atoms with Crippen LogP contribution in [-0.2, 0) is 12.8 Å². The molecule has 0 aliphatic carbocycles. The molecule has 1 fully saturated rings. The summed E-state index contributed by atoms with van der Waals surface area (Å²) in [4.78, 5) is 4.54. The lowest BCUT2D eigenvalue weighted by atomic mass is 9.94. The lowest BCUT2D eigenvalue weighted by Gasteiger charge is -2.25. The molecule has 0 bridgehead atoms. The van der Waals surface area contributed by atoms with Crippen molar-refractivity contribution in [1.29, 1.82) is 0 Å². The Morgan fingerprint density at radius 1 is 1.25 bits per heavy atom. The number of hydrogen-bond acceptors (Lipinski definition) is 4. The summed E-state index contributed by atoms with van der Waals surface area (Å²) < 4.78 is 5.42. The molecule has 20 heavy (non-hydrogen) atoms. The van der Waals surface area contributed by atoms with Crippen molar-refractivity contribution in [3.05, 3.63) is 47.6 Å². The fourth-order valence-electron chi connectivity index (χ4n) is 2.71. The van der Waals surface area contributed by atoms with E-state index in [0.29, 0.717) is 0 Å². The third kappa shape index (κ3) is 3.25. The first kappa shape index (κ1) is 13.3. The summed E-state index contributed by atoms with van der Waals surface area (Å²) in [5.74, 6) is 2.28. The highest BCUT2D eigenvalue weighted by molar-refractivity contribution is 5.15. The van der Waals surface area contributed by atoms with E-state index in [1.165, 1.54) is 12.0 Å². The predicted molar refractivity (Wildman–Crippen MR) is 77.3 cm³/mol. The second kappa shape index (κ2) is 6.18. The van der Waals surface area contributed by atoms with Crippen molar-refractivity contribution in [2.75, 3.05) is 6.54 Å². The normalized spacial score (nSPS) is 22.9. The maximum atomic E-state index is 5.42. The molecule has 1 saturated heterocycles. The quantitative estimate of drug-likeness (QED) is 0.929. The molecular weight excluding hydrogens is 250 g/mol. The van der Waals surface area contributed by atoms with Gasteiger partial charge in [-0.15, -0.1) is 0 Å². The third-order valence-corrected chi connectivity index (χ3v) is 3.93. The van der Waals surface area contributed by atoms with E-state index in [9.17, 15) is 0 Å². The molecule has 2 atom stereocenters. The van der Waals surface area contributed by atoms with Gasteiger partial charge in [0, 0.05) is 6.42 Å². The minimum Gasteiger partial charge on any atom is -0.338 e. The Labute approximate surface area is 119 Å². The summed E-state index contributed by atoms with van der Waals surface area (Å²) >= 11 is 0. The lowest BCUT2D eigenvalue weighted by Crippen LogP contribution is -2.30. The molecule has 1 aliphatic rings. The van der Waals surface area contributed by atoms with E-state index in [1.807, 2.05) is 6.07 Å². The summed E-state index contributed by atoms with van der Waals surface area (Å²) in [7, 11) is 0. The van der Waals surface area contributed by atoms with Crippen molar-refractivity contribution < 1.29 is 4.52 Å². The first-order valence-corrected chi connectivity index (χ1v) is 7.41. The molecule has 1 aliphatic heterocycles. The Bertz CT molecular complexity index is 538. The minimum atomic E-state index is 0.233. The molecule has 3 rings (SSSR count). The van der Waals surface area contributed by atoms with Gasteiger partial charge in [-0.25, -0.2) is 0 Å². The molecular formula is C16H21N3O. The van der Waals surface area contributed by atoms with E-state index in [2.05, 4.69) is 46.6 Å². The van der Waals surface area contributed by atoms with Crippen LogP contribution in [0.5, 0.6) is 0 Å². The summed E-state index contributed by atoms with van der Waals surface area (Å²) in [5, 5.41) is 7.56. The second-order valence-corrected chi connectivity index (χ2v) is 5.67. The van der Waals surface area contributed by atoms with Crippen molar-refractivity contribution in [2.24, 2.45) is 5.92 Å². The topological polar surface area (TPSA) is 51.0 Å². The van der Waals surface area contributed by atoms with E-state index in [1.54, 1.807) is 0 Å². The Morgan fingerprint density at radius 2 is 2.10 bits per heavy atom. The fourth-order valence-corrected chi connectivity index (χ4v) is 2.71. The zero-order valence-corrected chi connectivity index (χ0v) is 11.9. The van der Waals surface area contributed by atoms with Crippen LogP contribution in [-0.4, -0.2) is 16.7 Å². The monoisotopic (exact) mass is 271 g/mol. The Kier molecular flexibility index (Phi) is 4.11. The van der Waals surface area contributed by atoms with Crippen LogP contribution in [0, 0.1) is 5.92 Å². The summed E-state index contributed by atoms with van der Waals surface area (Å²) in [5.41, 5.74) is 1.31. The van der Waals surface area contributed by atoms with E-state index in [4.69, 9.17) is 4.52 Å². The van der Waals surface area contributed by atoms with Crippen LogP contribution in [0.3, 0.4) is 0 Å². The summed E-state index contributed by atoms with van der Waals surface area (Å²) in [6.07, 6.45) is 4.09. The highest BCUT2D eigenvalue weighted by atomic mass is 16.5. The molecule has 0 amide bonds. The molecule has 0 radical (unpaired) electrons. The first-order chi connectivity index (χ1) is 9.81. The zero-order valence-electron chi connectivity index (χ0n) is 11.9. The molecule has 1 N–H and O–H groups in total. The van der Waals surface area contributed by atoms with Gasteiger partial charge in [0.25, 0.3) is 0 Å². The third-order valence-electron chi connectivity index (χ3n) is 3.93. The lowest BCUT2D eigenvalue weighted by molar-refractivity contribution is 0.259. The number of piperidine rings is 1. The molecule has 106 valence electrons. The average molecular weight is 271 g/mol. The maximum Gasteiger partial charge on any atom is 0.243 e. The molecule has 2 unspecified atom stereocenters. The molecule has 0 saturated carbocycles. The molecule has 0 spiro atoms. The van der Waals surface area contributed by atoms with Crippen molar-refractivity contribution in [3.8, 4) is 0 Å². The number of aromatic nitrogens is 2. The summed E-state index contributed by atoms with van der Waals surface area (Å²) in [6.45, 7) is 3.31. The number of rotatable bonds is 4. The molecule has 2 heterocycles.